The van der Waals surface area contributed by atoms with Crippen molar-refractivity contribution in [1.82, 2.24) is 9.13 Å². The van der Waals surface area contributed by atoms with Crippen molar-refractivity contribution in [3.05, 3.63) is 56.9 Å². The van der Waals surface area contributed by atoms with Crippen molar-refractivity contribution in [3.63, 3.8) is 0 Å². The van der Waals surface area contributed by atoms with Crippen LogP contribution in [0.15, 0.2) is 40.1 Å². The molecule has 0 saturated carbocycles. The lowest BCUT2D eigenvalue weighted by molar-refractivity contribution is -0.116. The van der Waals surface area contributed by atoms with Crippen LogP contribution in [0.4, 0.5) is 11.4 Å². The largest absolute Gasteiger partial charge is 0.331 e. The average Bonchev–Trinajstić information content (AvgIpc) is 2.50. The van der Waals surface area contributed by atoms with Gasteiger partial charge >= 0.3 is 5.69 Å². The smallest absolute Gasteiger partial charge is 0.324 e. The van der Waals surface area contributed by atoms with Gasteiger partial charge in [-0.1, -0.05) is 6.07 Å². The third-order valence-corrected chi connectivity index (χ3v) is 3.98. The second-order valence-electron chi connectivity index (χ2n) is 5.58. The van der Waals surface area contributed by atoms with Crippen molar-refractivity contribution in [2.24, 2.45) is 7.05 Å². The van der Waals surface area contributed by atoms with Crippen molar-refractivity contribution in [2.45, 2.75) is 13.5 Å². The summed E-state index contributed by atoms with van der Waals surface area (Å²) in [4.78, 5) is 35.4. The van der Waals surface area contributed by atoms with Gasteiger partial charge in [0.25, 0.3) is 5.56 Å². The van der Waals surface area contributed by atoms with E-state index >= 15 is 0 Å². The van der Waals surface area contributed by atoms with Gasteiger partial charge in [0.15, 0.2) is 0 Å². The molecule has 0 aliphatic heterocycles. The molecule has 0 radical (unpaired) electrons. The first kappa shape index (κ1) is 18.5. The molecule has 25 heavy (non-hydrogen) atoms. The van der Waals surface area contributed by atoms with Crippen LogP contribution in [0.1, 0.15) is 5.56 Å². The quantitative estimate of drug-likeness (QED) is 0.764. The molecule has 1 amide bonds. The van der Waals surface area contributed by atoms with E-state index < -0.39 is 27.2 Å². The van der Waals surface area contributed by atoms with Gasteiger partial charge in [-0.25, -0.2) is 13.2 Å². The van der Waals surface area contributed by atoms with E-state index in [1.54, 1.807) is 19.1 Å². The summed E-state index contributed by atoms with van der Waals surface area (Å²) in [6.07, 6.45) is 2.28. The number of carbonyl (C=O) groups excluding carboxylic acids is 1. The highest BCUT2D eigenvalue weighted by molar-refractivity contribution is 7.92. The lowest BCUT2D eigenvalue weighted by Gasteiger charge is -2.12. The maximum atomic E-state index is 12.1. The van der Waals surface area contributed by atoms with Crippen LogP contribution in [0.2, 0.25) is 0 Å². The lowest BCUT2D eigenvalue weighted by atomic mass is 10.2. The highest BCUT2D eigenvalue weighted by atomic mass is 32.2. The zero-order valence-electron chi connectivity index (χ0n) is 13.9. The topological polar surface area (TPSA) is 119 Å². The van der Waals surface area contributed by atoms with E-state index in [4.69, 9.17) is 0 Å². The first-order chi connectivity index (χ1) is 11.6. The first-order valence-electron chi connectivity index (χ1n) is 7.21. The van der Waals surface area contributed by atoms with E-state index in [-0.39, 0.29) is 6.54 Å². The van der Waals surface area contributed by atoms with Crippen LogP contribution in [0, 0.1) is 6.92 Å². The summed E-state index contributed by atoms with van der Waals surface area (Å²) < 4.78 is 27.1. The molecule has 1 aromatic carbocycles. The molecule has 0 unspecified atom stereocenters. The molecule has 0 saturated heterocycles. The molecule has 0 aliphatic carbocycles. The van der Waals surface area contributed by atoms with Crippen molar-refractivity contribution in [3.8, 4) is 0 Å². The number of nitrogens with one attached hydrogen (secondary N) is 2. The number of amides is 1. The molecule has 0 aliphatic rings. The van der Waals surface area contributed by atoms with Crippen molar-refractivity contribution in [2.75, 3.05) is 16.3 Å². The van der Waals surface area contributed by atoms with E-state index in [1.807, 2.05) is 0 Å². The molecule has 0 bridgehead atoms. The molecule has 9 nitrogen and oxygen atoms in total. The third-order valence-electron chi connectivity index (χ3n) is 3.39. The first-order valence-corrected chi connectivity index (χ1v) is 9.11. The van der Waals surface area contributed by atoms with Crippen LogP contribution >= 0.6 is 0 Å². The summed E-state index contributed by atoms with van der Waals surface area (Å²) >= 11 is 0. The third kappa shape index (κ3) is 4.80. The Labute approximate surface area is 144 Å². The Bertz CT molecular complexity index is 1040. The number of sulfonamides is 1. The van der Waals surface area contributed by atoms with Gasteiger partial charge in [-0.15, -0.1) is 0 Å². The number of anilines is 2. The summed E-state index contributed by atoms with van der Waals surface area (Å²) in [6.45, 7) is 1.44. The van der Waals surface area contributed by atoms with Gasteiger partial charge in [0, 0.05) is 25.0 Å². The van der Waals surface area contributed by atoms with Crippen LogP contribution in [-0.4, -0.2) is 29.7 Å². The minimum absolute atomic E-state index is 0.282. The number of hydrogen-bond donors (Lipinski definition) is 2. The highest BCUT2D eigenvalue weighted by Gasteiger charge is 2.10. The zero-order chi connectivity index (χ0) is 18.8. The minimum Gasteiger partial charge on any atom is -0.324 e. The van der Waals surface area contributed by atoms with Crippen molar-refractivity contribution in [1.29, 1.82) is 0 Å². The van der Waals surface area contributed by atoms with E-state index in [2.05, 4.69) is 10.0 Å². The second-order valence-corrected chi connectivity index (χ2v) is 7.32. The van der Waals surface area contributed by atoms with Gasteiger partial charge < -0.3 is 5.32 Å². The van der Waals surface area contributed by atoms with Crippen LogP contribution in [0.5, 0.6) is 0 Å². The Kier molecular flexibility index (Phi) is 5.12. The number of aromatic nitrogens is 2. The van der Waals surface area contributed by atoms with Gasteiger partial charge in [-0.05, 0) is 24.6 Å². The molecule has 10 heteroatoms. The van der Waals surface area contributed by atoms with E-state index in [9.17, 15) is 22.8 Å². The van der Waals surface area contributed by atoms with Crippen LogP contribution in [0.3, 0.4) is 0 Å². The Hall–Kier alpha value is -2.88. The van der Waals surface area contributed by atoms with E-state index in [0.717, 1.165) is 15.4 Å². The van der Waals surface area contributed by atoms with Crippen LogP contribution in [0.25, 0.3) is 0 Å². The summed E-state index contributed by atoms with van der Waals surface area (Å²) in [5.41, 5.74) is 0.347. The Morgan fingerprint density at radius 3 is 2.52 bits per heavy atom. The molecule has 0 fully saturated rings. The SMILES string of the molecule is Cc1ccc(NC(=O)Cn2ccc(=O)n(C)c2=O)cc1NS(C)(=O)=O. The molecule has 1 aromatic heterocycles. The molecule has 134 valence electrons. The molecule has 0 spiro atoms. The van der Waals surface area contributed by atoms with E-state index in [1.165, 1.54) is 25.4 Å². The molecule has 1 heterocycles. The summed E-state index contributed by atoms with van der Waals surface area (Å²) in [5, 5.41) is 2.58. The fourth-order valence-electron chi connectivity index (χ4n) is 2.10. The molecule has 0 atom stereocenters. The normalized spacial score (nSPS) is 11.2. The van der Waals surface area contributed by atoms with Gasteiger partial charge in [0.05, 0.1) is 11.9 Å². The van der Waals surface area contributed by atoms with Crippen molar-refractivity contribution >= 4 is 27.3 Å². The number of hydrogen-bond acceptors (Lipinski definition) is 5. The Morgan fingerprint density at radius 1 is 1.20 bits per heavy atom. The van der Waals surface area contributed by atoms with Crippen LogP contribution in [-0.2, 0) is 28.4 Å². The Morgan fingerprint density at radius 2 is 1.88 bits per heavy atom. The van der Waals surface area contributed by atoms with Gasteiger partial charge in [-0.2, -0.15) is 0 Å². The monoisotopic (exact) mass is 366 g/mol. The summed E-state index contributed by atoms with van der Waals surface area (Å²) in [7, 11) is -2.13. The zero-order valence-corrected chi connectivity index (χ0v) is 14.8. The van der Waals surface area contributed by atoms with Crippen LogP contribution < -0.4 is 21.3 Å². The summed E-state index contributed by atoms with van der Waals surface area (Å²) in [6, 6.07) is 5.94. The maximum Gasteiger partial charge on any atom is 0.331 e. The predicted molar refractivity (Wildman–Crippen MR) is 94.2 cm³/mol. The van der Waals surface area contributed by atoms with Crippen molar-refractivity contribution < 1.29 is 13.2 Å². The van der Waals surface area contributed by atoms with E-state index in [0.29, 0.717) is 16.9 Å². The molecule has 2 aromatic rings. The maximum absolute atomic E-state index is 12.1. The fraction of sp³-hybridized carbons (Fsp3) is 0.267. The lowest BCUT2D eigenvalue weighted by Crippen LogP contribution is -2.38. The van der Waals surface area contributed by atoms with Gasteiger partial charge in [0.1, 0.15) is 6.54 Å². The summed E-state index contributed by atoms with van der Waals surface area (Å²) in [5.74, 6) is -0.491. The molecular formula is C15H18N4O5S. The number of rotatable bonds is 5. The Balaban J connectivity index is 2.19. The average molecular weight is 366 g/mol. The molecular weight excluding hydrogens is 348 g/mol. The number of aryl methyl sites for hydroxylation is 1. The standard InChI is InChI=1S/C15H18N4O5S/c1-10-4-5-11(8-12(10)17-25(3,23)24)16-13(20)9-19-7-6-14(21)18(2)15(19)22/h4-8,17H,9H2,1-3H3,(H,16,20). The number of carbonyl (C=O) groups is 1. The van der Waals surface area contributed by atoms with Gasteiger partial charge in [0.2, 0.25) is 15.9 Å². The number of nitrogens with zero attached hydrogens (tertiary/aromatic N) is 2. The minimum atomic E-state index is -3.45. The van der Waals surface area contributed by atoms with Gasteiger partial charge in [-0.3, -0.25) is 23.4 Å². The predicted octanol–water partition coefficient (Wildman–Crippen LogP) is -0.134. The fourth-order valence-corrected chi connectivity index (χ4v) is 2.72. The highest BCUT2D eigenvalue weighted by Crippen LogP contribution is 2.21. The second kappa shape index (κ2) is 6.93. The molecule has 2 N–H and O–H groups in total. The number of benzene rings is 1. The molecule has 2 rings (SSSR count).